The standard InChI is InChI=1S/C10H7IN2O4/c11-5-1-2-7(6(3-5)9(15)16)13-8(14)4-12-10(13)17/h1-3H,4H2,(H,12,17)(H,15,16). The van der Waals surface area contributed by atoms with E-state index in [0.29, 0.717) is 0 Å². The number of nitrogens with one attached hydrogen (secondary N) is 1. The highest BCUT2D eigenvalue weighted by Crippen LogP contribution is 2.24. The minimum atomic E-state index is -1.17. The monoisotopic (exact) mass is 346 g/mol. The zero-order chi connectivity index (χ0) is 12.6. The first-order valence-electron chi connectivity index (χ1n) is 4.64. The fourth-order valence-electron chi connectivity index (χ4n) is 1.54. The fraction of sp³-hybridized carbons (Fsp3) is 0.100. The molecular weight excluding hydrogens is 339 g/mol. The van der Waals surface area contributed by atoms with Gasteiger partial charge in [0, 0.05) is 3.57 Å². The summed E-state index contributed by atoms with van der Waals surface area (Å²) < 4.78 is 0.718. The lowest BCUT2D eigenvalue weighted by molar-refractivity contribution is -0.115. The lowest BCUT2D eigenvalue weighted by atomic mass is 10.1. The summed E-state index contributed by atoms with van der Waals surface area (Å²) in [5, 5.41) is 11.4. The Morgan fingerprint density at radius 1 is 1.41 bits per heavy atom. The summed E-state index contributed by atoms with van der Waals surface area (Å²) in [6.07, 6.45) is 0. The number of hydrogen-bond donors (Lipinski definition) is 2. The fourth-order valence-corrected chi connectivity index (χ4v) is 2.03. The quantitative estimate of drug-likeness (QED) is 0.619. The molecule has 88 valence electrons. The summed E-state index contributed by atoms with van der Waals surface area (Å²) in [5.74, 6) is -1.63. The number of anilines is 1. The van der Waals surface area contributed by atoms with Gasteiger partial charge in [-0.15, -0.1) is 0 Å². The highest BCUT2D eigenvalue weighted by Gasteiger charge is 2.32. The van der Waals surface area contributed by atoms with Gasteiger partial charge in [-0.1, -0.05) is 0 Å². The van der Waals surface area contributed by atoms with Crippen molar-refractivity contribution in [2.24, 2.45) is 0 Å². The first-order valence-corrected chi connectivity index (χ1v) is 5.72. The zero-order valence-electron chi connectivity index (χ0n) is 8.44. The maximum absolute atomic E-state index is 11.5. The average molecular weight is 346 g/mol. The van der Waals surface area contributed by atoms with E-state index < -0.39 is 17.9 Å². The van der Waals surface area contributed by atoms with Crippen LogP contribution in [0.25, 0.3) is 0 Å². The number of carboxylic acid groups (broad SMARTS) is 1. The molecule has 1 aliphatic rings. The van der Waals surface area contributed by atoms with E-state index in [2.05, 4.69) is 5.32 Å². The topological polar surface area (TPSA) is 86.7 Å². The van der Waals surface area contributed by atoms with E-state index in [1.807, 2.05) is 22.6 Å². The molecule has 0 atom stereocenters. The average Bonchev–Trinajstić information content (AvgIpc) is 2.59. The second kappa shape index (κ2) is 4.32. The molecule has 0 saturated carbocycles. The molecule has 1 aromatic rings. The molecule has 3 amide bonds. The summed E-state index contributed by atoms with van der Waals surface area (Å²) >= 11 is 1.96. The van der Waals surface area contributed by atoms with E-state index in [1.54, 1.807) is 6.07 Å². The van der Waals surface area contributed by atoms with Crippen LogP contribution in [0.3, 0.4) is 0 Å². The summed E-state index contributed by atoms with van der Waals surface area (Å²) in [5.41, 5.74) is 0.0280. The number of imide groups is 1. The molecule has 0 unspecified atom stereocenters. The van der Waals surface area contributed by atoms with E-state index in [0.717, 1.165) is 8.47 Å². The van der Waals surface area contributed by atoms with E-state index in [4.69, 9.17) is 5.11 Å². The Morgan fingerprint density at radius 2 is 2.12 bits per heavy atom. The van der Waals surface area contributed by atoms with Gasteiger partial charge in [0.25, 0.3) is 5.91 Å². The molecule has 1 aromatic carbocycles. The van der Waals surface area contributed by atoms with Crippen molar-refractivity contribution in [1.29, 1.82) is 0 Å². The highest BCUT2D eigenvalue weighted by molar-refractivity contribution is 14.1. The molecule has 1 heterocycles. The molecule has 7 heteroatoms. The molecule has 2 N–H and O–H groups in total. The van der Waals surface area contributed by atoms with Crippen molar-refractivity contribution in [2.75, 3.05) is 11.4 Å². The molecule has 1 saturated heterocycles. The summed E-state index contributed by atoms with van der Waals surface area (Å²) in [6.45, 7) is -0.107. The van der Waals surface area contributed by atoms with Crippen LogP contribution in [-0.2, 0) is 4.79 Å². The van der Waals surface area contributed by atoms with Crippen LogP contribution in [0.2, 0.25) is 0 Å². The summed E-state index contributed by atoms with van der Waals surface area (Å²) in [4.78, 5) is 34.9. The Bertz CT molecular complexity index is 513. The second-order valence-electron chi connectivity index (χ2n) is 3.35. The number of nitrogens with zero attached hydrogens (tertiary/aromatic N) is 1. The number of carbonyl (C=O) groups excluding carboxylic acids is 2. The van der Waals surface area contributed by atoms with Gasteiger partial charge in [0.15, 0.2) is 0 Å². The lowest BCUT2D eigenvalue weighted by Crippen LogP contribution is -2.32. The van der Waals surface area contributed by atoms with Crippen molar-refractivity contribution >= 4 is 46.2 Å². The predicted molar refractivity (Wildman–Crippen MR) is 67.0 cm³/mol. The molecule has 0 aliphatic carbocycles. The van der Waals surface area contributed by atoms with Gasteiger partial charge < -0.3 is 10.4 Å². The van der Waals surface area contributed by atoms with Gasteiger partial charge >= 0.3 is 12.0 Å². The van der Waals surface area contributed by atoms with E-state index >= 15 is 0 Å². The lowest BCUT2D eigenvalue weighted by Gasteiger charge is -2.15. The van der Waals surface area contributed by atoms with Gasteiger partial charge in [0.1, 0.15) is 0 Å². The molecule has 0 aromatic heterocycles. The van der Waals surface area contributed by atoms with Gasteiger partial charge in [-0.05, 0) is 40.8 Å². The summed E-state index contributed by atoms with van der Waals surface area (Å²) in [7, 11) is 0. The molecule has 0 radical (unpaired) electrons. The van der Waals surface area contributed by atoms with Crippen molar-refractivity contribution in [3.05, 3.63) is 27.3 Å². The Kier molecular flexibility index (Phi) is 3.01. The number of amides is 3. The van der Waals surface area contributed by atoms with Crippen LogP contribution in [0.5, 0.6) is 0 Å². The van der Waals surface area contributed by atoms with Crippen LogP contribution in [0.1, 0.15) is 10.4 Å². The number of hydrogen-bond acceptors (Lipinski definition) is 3. The van der Waals surface area contributed by atoms with E-state index in [1.165, 1.54) is 12.1 Å². The molecule has 1 fully saturated rings. The molecule has 17 heavy (non-hydrogen) atoms. The minimum Gasteiger partial charge on any atom is -0.478 e. The number of halogens is 1. The molecule has 1 aliphatic heterocycles. The smallest absolute Gasteiger partial charge is 0.337 e. The van der Waals surface area contributed by atoms with Crippen molar-refractivity contribution < 1.29 is 19.5 Å². The Hall–Kier alpha value is -1.64. The van der Waals surface area contributed by atoms with Crippen molar-refractivity contribution in [2.45, 2.75) is 0 Å². The molecular formula is C10H7IN2O4. The van der Waals surface area contributed by atoms with Crippen LogP contribution < -0.4 is 10.2 Å². The number of aromatic carboxylic acids is 1. The SMILES string of the molecule is O=C(O)c1cc(I)ccc1N1C(=O)CNC1=O. The first kappa shape index (κ1) is 11.8. The number of benzene rings is 1. The Balaban J connectivity index is 2.55. The van der Waals surface area contributed by atoms with Crippen molar-refractivity contribution in [3.8, 4) is 0 Å². The number of rotatable bonds is 2. The van der Waals surface area contributed by atoms with Gasteiger partial charge in [-0.2, -0.15) is 0 Å². The van der Waals surface area contributed by atoms with Gasteiger partial charge in [-0.25, -0.2) is 14.5 Å². The molecule has 2 rings (SSSR count). The molecule has 6 nitrogen and oxygen atoms in total. The number of urea groups is 1. The normalized spacial score (nSPS) is 15.0. The number of carbonyl (C=O) groups is 3. The largest absolute Gasteiger partial charge is 0.478 e. The summed E-state index contributed by atoms with van der Waals surface area (Å²) in [6, 6.07) is 3.91. The number of carboxylic acids is 1. The third kappa shape index (κ3) is 2.09. The maximum Gasteiger partial charge on any atom is 0.337 e. The van der Waals surface area contributed by atoms with E-state index in [-0.39, 0.29) is 17.8 Å². The van der Waals surface area contributed by atoms with Crippen LogP contribution >= 0.6 is 22.6 Å². The second-order valence-corrected chi connectivity index (χ2v) is 4.60. The zero-order valence-corrected chi connectivity index (χ0v) is 10.6. The van der Waals surface area contributed by atoms with Crippen molar-refractivity contribution in [1.82, 2.24) is 5.32 Å². The van der Waals surface area contributed by atoms with Gasteiger partial charge in [0.05, 0.1) is 17.8 Å². The first-order chi connectivity index (χ1) is 8.00. The Labute approximate surface area is 110 Å². The Morgan fingerprint density at radius 3 is 2.65 bits per heavy atom. The highest BCUT2D eigenvalue weighted by atomic mass is 127. The molecule has 0 bridgehead atoms. The molecule has 0 spiro atoms. The van der Waals surface area contributed by atoms with Crippen LogP contribution in [0.4, 0.5) is 10.5 Å². The van der Waals surface area contributed by atoms with Crippen LogP contribution in [0.15, 0.2) is 18.2 Å². The van der Waals surface area contributed by atoms with Gasteiger partial charge in [0.2, 0.25) is 0 Å². The third-order valence-corrected chi connectivity index (χ3v) is 2.94. The maximum atomic E-state index is 11.5. The van der Waals surface area contributed by atoms with Crippen LogP contribution in [0, 0.1) is 3.57 Å². The minimum absolute atomic E-state index is 0.0673. The predicted octanol–water partition coefficient (Wildman–Crippen LogP) is 1.05. The third-order valence-electron chi connectivity index (χ3n) is 2.27. The van der Waals surface area contributed by atoms with Crippen molar-refractivity contribution in [3.63, 3.8) is 0 Å². The van der Waals surface area contributed by atoms with E-state index in [9.17, 15) is 14.4 Å². The van der Waals surface area contributed by atoms with Crippen LogP contribution in [-0.4, -0.2) is 29.6 Å². The van der Waals surface area contributed by atoms with Gasteiger partial charge in [-0.3, -0.25) is 4.79 Å².